The Bertz CT molecular complexity index is 159. The summed E-state index contributed by atoms with van der Waals surface area (Å²) in [6.07, 6.45) is 1.25. The van der Waals surface area contributed by atoms with Crippen LogP contribution in [-0.2, 0) is 0 Å². The van der Waals surface area contributed by atoms with Gasteiger partial charge in [-0.3, -0.25) is 0 Å². The molecule has 0 aliphatic carbocycles. The topological polar surface area (TPSA) is 40.5 Å². The molecule has 13 heavy (non-hydrogen) atoms. The first-order valence-corrected chi connectivity index (χ1v) is 4.68. The van der Waals surface area contributed by atoms with Gasteiger partial charge in [0.15, 0.2) is 0 Å². The lowest BCUT2D eigenvalue weighted by Crippen LogP contribution is -1.61. The number of rotatable bonds is 0. The van der Waals surface area contributed by atoms with Crippen molar-refractivity contribution in [3.05, 3.63) is 24.3 Å². The molecule has 2 nitrogen and oxygen atoms in total. The second kappa shape index (κ2) is 10.8. The first kappa shape index (κ1) is 14.3. The lowest BCUT2D eigenvalue weighted by atomic mass is 10.3. The van der Waals surface area contributed by atoms with E-state index in [1.165, 1.54) is 30.7 Å². The van der Waals surface area contributed by atoms with E-state index >= 15 is 0 Å². The van der Waals surface area contributed by atoms with Gasteiger partial charge in [-0.25, -0.2) is 0 Å². The third-order valence-corrected chi connectivity index (χ3v) is 0.850. The Hall–Kier alpha value is -1.18. The summed E-state index contributed by atoms with van der Waals surface area (Å²) in [6.45, 7) is 8.25. The molecule has 0 aliphatic rings. The molecular formula is C11H20O2. The Morgan fingerprint density at radius 1 is 0.846 bits per heavy atom. The van der Waals surface area contributed by atoms with Gasteiger partial charge in [0, 0.05) is 0 Å². The zero-order chi connectivity index (χ0) is 10.7. The highest BCUT2D eigenvalue weighted by Crippen LogP contribution is 2.13. The summed E-state index contributed by atoms with van der Waals surface area (Å²) >= 11 is 0. The van der Waals surface area contributed by atoms with Crippen molar-refractivity contribution in [1.82, 2.24) is 0 Å². The van der Waals surface area contributed by atoms with Crippen molar-refractivity contribution in [2.24, 2.45) is 0 Å². The van der Waals surface area contributed by atoms with Crippen molar-refractivity contribution >= 4 is 0 Å². The van der Waals surface area contributed by atoms with Gasteiger partial charge in [0.05, 0.1) is 0 Å². The van der Waals surface area contributed by atoms with Gasteiger partial charge < -0.3 is 10.2 Å². The molecule has 0 aromatic heterocycles. The van der Waals surface area contributed by atoms with Gasteiger partial charge in [-0.15, -0.1) is 0 Å². The second-order valence-corrected chi connectivity index (χ2v) is 2.22. The van der Waals surface area contributed by atoms with E-state index in [0.717, 1.165) is 0 Å². The number of benzene rings is 1. The first-order valence-electron chi connectivity index (χ1n) is 4.68. The predicted molar refractivity (Wildman–Crippen MR) is 57.1 cm³/mol. The Morgan fingerprint density at radius 3 is 1.15 bits per heavy atom. The molecular weight excluding hydrogens is 164 g/mol. The molecule has 0 unspecified atom stereocenters. The largest absolute Gasteiger partial charge is 0.508 e. The van der Waals surface area contributed by atoms with E-state index in [-0.39, 0.29) is 11.5 Å². The molecule has 2 heteroatoms. The fourth-order valence-electron chi connectivity index (χ4n) is 0.453. The number of phenols is 2. The molecule has 1 aromatic carbocycles. The Morgan fingerprint density at radius 2 is 1.00 bits per heavy atom. The van der Waals surface area contributed by atoms with E-state index < -0.39 is 0 Å². The maximum atomic E-state index is 8.65. The average Bonchev–Trinajstić information content (AvgIpc) is 2.15. The van der Waals surface area contributed by atoms with Gasteiger partial charge >= 0.3 is 0 Å². The van der Waals surface area contributed by atoms with Crippen LogP contribution in [0.2, 0.25) is 0 Å². The molecule has 2 N–H and O–H groups in total. The van der Waals surface area contributed by atoms with E-state index in [1.54, 1.807) is 0 Å². The molecule has 0 aliphatic heterocycles. The van der Waals surface area contributed by atoms with Gasteiger partial charge in [-0.2, -0.15) is 0 Å². The molecule has 1 rings (SSSR count). The zero-order valence-corrected chi connectivity index (χ0v) is 8.91. The van der Waals surface area contributed by atoms with Gasteiger partial charge in [0.25, 0.3) is 0 Å². The lowest BCUT2D eigenvalue weighted by molar-refractivity contribution is 0.460. The molecule has 0 heterocycles. The molecule has 0 saturated heterocycles. The summed E-state index contributed by atoms with van der Waals surface area (Å²) in [4.78, 5) is 0. The van der Waals surface area contributed by atoms with Crippen molar-refractivity contribution in [2.45, 2.75) is 34.1 Å². The maximum absolute atomic E-state index is 8.65. The van der Waals surface area contributed by atoms with Crippen LogP contribution in [0.4, 0.5) is 0 Å². The molecule has 0 atom stereocenters. The molecule has 0 bridgehead atoms. The van der Waals surface area contributed by atoms with Crippen molar-refractivity contribution in [2.75, 3.05) is 0 Å². The van der Waals surface area contributed by atoms with E-state index in [9.17, 15) is 0 Å². The van der Waals surface area contributed by atoms with Gasteiger partial charge in [0.1, 0.15) is 11.5 Å². The van der Waals surface area contributed by atoms with Crippen LogP contribution in [0.25, 0.3) is 0 Å². The summed E-state index contributed by atoms with van der Waals surface area (Å²) in [5.74, 6) is 0.339. The number of phenolic OH excluding ortho intramolecular Hbond substituents is 2. The predicted octanol–water partition coefficient (Wildman–Crippen LogP) is 3.54. The highest BCUT2D eigenvalue weighted by molar-refractivity contribution is 5.28. The first-order chi connectivity index (χ1) is 6.20. The van der Waals surface area contributed by atoms with E-state index in [2.05, 4.69) is 13.8 Å². The molecule has 0 spiro atoms. The smallest absolute Gasteiger partial charge is 0.115 e. The molecule has 76 valence electrons. The van der Waals surface area contributed by atoms with Crippen molar-refractivity contribution in [3.63, 3.8) is 0 Å². The minimum Gasteiger partial charge on any atom is -0.508 e. The van der Waals surface area contributed by atoms with Crippen LogP contribution in [0.5, 0.6) is 11.5 Å². The third kappa shape index (κ3) is 10.8. The minimum atomic E-state index is 0.169. The minimum absolute atomic E-state index is 0.169. The molecule has 0 saturated carbocycles. The Labute approximate surface area is 80.9 Å². The van der Waals surface area contributed by atoms with E-state index in [1.807, 2.05) is 13.8 Å². The van der Waals surface area contributed by atoms with Crippen LogP contribution in [0.15, 0.2) is 24.3 Å². The highest BCUT2D eigenvalue weighted by atomic mass is 16.3. The fourth-order valence-corrected chi connectivity index (χ4v) is 0.453. The van der Waals surface area contributed by atoms with E-state index in [4.69, 9.17) is 10.2 Å². The Balaban J connectivity index is 0. The van der Waals surface area contributed by atoms with Crippen molar-refractivity contribution in [3.8, 4) is 11.5 Å². The van der Waals surface area contributed by atoms with Gasteiger partial charge in [-0.1, -0.05) is 34.1 Å². The van der Waals surface area contributed by atoms with Crippen LogP contribution in [0, 0.1) is 0 Å². The van der Waals surface area contributed by atoms with Crippen LogP contribution < -0.4 is 0 Å². The standard InChI is InChI=1S/C6H6O2.C3H8.C2H6/c7-5-1-2-6(8)4-3-5;1-3-2;1-2/h1-4,7-8H;3H2,1-2H3;1-2H3. The normalized spacial score (nSPS) is 7.38. The number of hydrogen-bond donors (Lipinski definition) is 2. The highest BCUT2D eigenvalue weighted by Gasteiger charge is 1.84. The third-order valence-electron chi connectivity index (χ3n) is 0.850. The fraction of sp³-hybridized carbons (Fsp3) is 0.455. The molecule has 0 amide bonds. The summed E-state index contributed by atoms with van der Waals surface area (Å²) in [5, 5.41) is 17.3. The van der Waals surface area contributed by atoms with Crippen molar-refractivity contribution in [1.29, 1.82) is 0 Å². The summed E-state index contributed by atoms with van der Waals surface area (Å²) in [6, 6.07) is 5.70. The zero-order valence-electron chi connectivity index (χ0n) is 8.91. The maximum Gasteiger partial charge on any atom is 0.115 e. The van der Waals surface area contributed by atoms with Crippen LogP contribution in [0.3, 0.4) is 0 Å². The van der Waals surface area contributed by atoms with Crippen LogP contribution in [-0.4, -0.2) is 10.2 Å². The SMILES string of the molecule is CC.CCC.Oc1ccc(O)cc1. The second-order valence-electron chi connectivity index (χ2n) is 2.22. The summed E-state index contributed by atoms with van der Waals surface area (Å²) < 4.78 is 0. The summed E-state index contributed by atoms with van der Waals surface area (Å²) in [5.41, 5.74) is 0. The lowest BCUT2D eigenvalue weighted by Gasteiger charge is -1.88. The number of hydrogen-bond acceptors (Lipinski definition) is 2. The molecule has 0 radical (unpaired) electrons. The van der Waals surface area contributed by atoms with Crippen molar-refractivity contribution < 1.29 is 10.2 Å². The van der Waals surface area contributed by atoms with Crippen LogP contribution in [0.1, 0.15) is 34.1 Å². The quantitative estimate of drug-likeness (QED) is 0.605. The Kier molecular flexibility index (Phi) is 11.9. The number of aromatic hydroxyl groups is 2. The average molecular weight is 184 g/mol. The summed E-state index contributed by atoms with van der Waals surface area (Å²) in [7, 11) is 0. The van der Waals surface area contributed by atoms with Crippen LogP contribution >= 0.6 is 0 Å². The van der Waals surface area contributed by atoms with Gasteiger partial charge in [0.2, 0.25) is 0 Å². The molecule has 0 fully saturated rings. The van der Waals surface area contributed by atoms with Gasteiger partial charge in [-0.05, 0) is 24.3 Å². The van der Waals surface area contributed by atoms with E-state index in [0.29, 0.717) is 0 Å². The monoisotopic (exact) mass is 184 g/mol. The molecule has 1 aromatic rings.